The van der Waals surface area contributed by atoms with Crippen molar-refractivity contribution in [2.45, 2.75) is 19.0 Å². The van der Waals surface area contributed by atoms with Gasteiger partial charge in [-0.05, 0) is 11.1 Å². The number of carboxylic acid groups (broad SMARTS) is 1. The summed E-state index contributed by atoms with van der Waals surface area (Å²) in [4.78, 5) is 62.0. The van der Waals surface area contributed by atoms with Crippen LogP contribution in [-0.4, -0.2) is 44.5 Å². The van der Waals surface area contributed by atoms with E-state index in [1.54, 1.807) is 30.3 Å². The second-order valence-corrected chi connectivity index (χ2v) is 6.94. The van der Waals surface area contributed by atoms with Crippen molar-refractivity contribution in [3.05, 3.63) is 84.4 Å². The van der Waals surface area contributed by atoms with Gasteiger partial charge < -0.3 is 25.7 Å². The van der Waals surface area contributed by atoms with Crippen LogP contribution in [0.25, 0.3) is 11.0 Å². The second kappa shape index (κ2) is 9.66. The first-order chi connectivity index (χ1) is 15.2. The number of carbonyl (C=O) groups excluding carboxylic acids is 1. The lowest BCUT2D eigenvalue weighted by atomic mass is 10.1. The van der Waals surface area contributed by atoms with Gasteiger partial charge in [0.05, 0.1) is 22.5 Å². The van der Waals surface area contributed by atoms with Crippen molar-refractivity contribution in [1.29, 1.82) is 0 Å². The molecule has 0 saturated heterocycles. The molecule has 12 heteroatoms. The van der Waals surface area contributed by atoms with E-state index in [0.29, 0.717) is 0 Å². The zero-order valence-corrected chi connectivity index (χ0v) is 16.6. The molecular weight excluding hydrogens is 422 g/mol. The van der Waals surface area contributed by atoms with Crippen molar-refractivity contribution < 1.29 is 19.6 Å². The molecule has 0 radical (unpaired) electrons. The van der Waals surface area contributed by atoms with E-state index < -0.39 is 34.0 Å². The molecule has 0 aliphatic rings. The molecule has 3 rings (SSSR count). The smallest absolute Gasteiger partial charge is 0.326 e. The van der Waals surface area contributed by atoms with Crippen LogP contribution in [0.15, 0.2) is 52.1 Å². The van der Waals surface area contributed by atoms with Gasteiger partial charge >= 0.3 is 17.1 Å². The molecule has 166 valence electrons. The number of nitrogens with zero attached hydrogens (tertiary/aromatic N) is 1. The summed E-state index contributed by atoms with van der Waals surface area (Å²) < 4.78 is 0. The Morgan fingerprint density at radius 1 is 1.09 bits per heavy atom. The molecule has 32 heavy (non-hydrogen) atoms. The first-order valence-electron chi connectivity index (χ1n) is 9.45. The third kappa shape index (κ3) is 5.43. The van der Waals surface area contributed by atoms with Gasteiger partial charge in [0.1, 0.15) is 6.04 Å². The number of non-ortho nitro benzene ring substituents is 1. The minimum atomic E-state index is -1.19. The highest BCUT2D eigenvalue weighted by Gasteiger charge is 2.20. The van der Waals surface area contributed by atoms with E-state index in [1.165, 1.54) is 6.07 Å². The van der Waals surface area contributed by atoms with E-state index in [1.807, 2.05) is 0 Å². The van der Waals surface area contributed by atoms with Gasteiger partial charge in [0.2, 0.25) is 5.91 Å². The van der Waals surface area contributed by atoms with Gasteiger partial charge in [0, 0.05) is 25.1 Å². The van der Waals surface area contributed by atoms with Gasteiger partial charge in [-0.2, -0.15) is 0 Å². The van der Waals surface area contributed by atoms with Crippen molar-refractivity contribution in [3.8, 4) is 0 Å². The van der Waals surface area contributed by atoms with Crippen LogP contribution in [0.5, 0.6) is 0 Å². The van der Waals surface area contributed by atoms with Crippen LogP contribution in [0.4, 0.5) is 5.69 Å². The number of aromatic nitrogens is 2. The number of aliphatic carboxylic acids is 1. The van der Waals surface area contributed by atoms with Crippen LogP contribution >= 0.6 is 0 Å². The normalized spacial score (nSPS) is 11.8. The Kier molecular flexibility index (Phi) is 6.75. The molecule has 1 aromatic heterocycles. The maximum absolute atomic E-state index is 12.2. The molecule has 0 bridgehead atoms. The van der Waals surface area contributed by atoms with Gasteiger partial charge in [-0.15, -0.1) is 0 Å². The van der Waals surface area contributed by atoms with Gasteiger partial charge in [0.15, 0.2) is 0 Å². The number of carbonyl (C=O) groups is 2. The maximum Gasteiger partial charge on any atom is 0.326 e. The number of benzene rings is 2. The number of rotatable bonds is 9. The minimum absolute atomic E-state index is 0.0655. The summed E-state index contributed by atoms with van der Waals surface area (Å²) in [5.74, 6) is -1.78. The molecule has 0 aliphatic carbocycles. The average Bonchev–Trinajstić information content (AvgIpc) is 2.74. The van der Waals surface area contributed by atoms with Crippen LogP contribution in [0.2, 0.25) is 0 Å². The first kappa shape index (κ1) is 22.4. The Morgan fingerprint density at radius 2 is 1.78 bits per heavy atom. The minimum Gasteiger partial charge on any atom is -0.480 e. The van der Waals surface area contributed by atoms with Crippen LogP contribution < -0.4 is 21.8 Å². The Morgan fingerprint density at radius 3 is 2.44 bits per heavy atom. The Hall–Kier alpha value is -4.32. The van der Waals surface area contributed by atoms with Crippen molar-refractivity contribution in [2.75, 3.05) is 6.54 Å². The summed E-state index contributed by atoms with van der Waals surface area (Å²) >= 11 is 0. The number of nitro groups is 1. The summed E-state index contributed by atoms with van der Waals surface area (Å²) in [5, 5.41) is 25.7. The van der Waals surface area contributed by atoms with Crippen LogP contribution in [-0.2, 0) is 22.6 Å². The highest BCUT2D eigenvalue weighted by molar-refractivity contribution is 5.85. The van der Waals surface area contributed by atoms with E-state index in [2.05, 4.69) is 20.6 Å². The Bertz CT molecular complexity index is 1280. The van der Waals surface area contributed by atoms with Crippen LogP contribution in [0.1, 0.15) is 11.1 Å². The van der Waals surface area contributed by atoms with E-state index in [9.17, 15) is 34.4 Å². The summed E-state index contributed by atoms with van der Waals surface area (Å²) in [7, 11) is 0. The molecule has 0 fully saturated rings. The van der Waals surface area contributed by atoms with E-state index >= 15 is 0 Å². The molecule has 2 aromatic carbocycles. The van der Waals surface area contributed by atoms with Crippen LogP contribution in [0, 0.1) is 10.1 Å². The topological polar surface area (TPSA) is 187 Å². The third-order valence-corrected chi connectivity index (χ3v) is 4.63. The highest BCUT2D eigenvalue weighted by atomic mass is 16.6. The van der Waals surface area contributed by atoms with Crippen molar-refractivity contribution in [3.63, 3.8) is 0 Å². The number of H-pyrrole nitrogens is 2. The highest BCUT2D eigenvalue weighted by Crippen LogP contribution is 2.21. The standard InChI is InChI=1S/C20H19N5O7/c26-16(22-15(20(29)30)6-11-4-2-1-3-5-11)10-21-9-12-7-13(25(31)32)8-14-17(12)24-19(28)18(27)23-14/h1-5,7-8,15,21H,6,9-10H2,(H,22,26)(H,23,27)(H,24,28)(H,29,30)/t15-/m0/s1. The fourth-order valence-electron chi connectivity index (χ4n) is 3.13. The zero-order chi connectivity index (χ0) is 23.3. The number of nitrogens with one attached hydrogen (secondary N) is 4. The molecule has 0 unspecified atom stereocenters. The van der Waals surface area contributed by atoms with Crippen LogP contribution in [0.3, 0.4) is 0 Å². The predicted molar refractivity (Wildman–Crippen MR) is 113 cm³/mol. The van der Waals surface area contributed by atoms with Crippen molar-refractivity contribution >= 4 is 28.6 Å². The molecule has 0 spiro atoms. The lowest BCUT2D eigenvalue weighted by molar-refractivity contribution is -0.384. The average molecular weight is 441 g/mol. The summed E-state index contributed by atoms with van der Waals surface area (Å²) in [6, 6.07) is 10.0. The predicted octanol–water partition coefficient (Wildman–Crippen LogP) is 0.0263. The molecule has 5 N–H and O–H groups in total. The Balaban J connectivity index is 1.70. The molecule has 0 saturated carbocycles. The summed E-state index contributed by atoms with van der Waals surface area (Å²) in [6.07, 6.45) is 0.103. The molecule has 0 aliphatic heterocycles. The monoisotopic (exact) mass is 441 g/mol. The summed E-state index contributed by atoms with van der Waals surface area (Å²) in [6.45, 7) is -0.347. The zero-order valence-electron chi connectivity index (χ0n) is 16.6. The SMILES string of the molecule is O=C(CNCc1cc([N+](=O)[O-])cc2[nH]c(=O)c(=O)[nH]c12)N[C@@H](Cc1ccccc1)C(=O)O. The third-order valence-electron chi connectivity index (χ3n) is 4.63. The first-order valence-corrected chi connectivity index (χ1v) is 9.45. The maximum atomic E-state index is 12.2. The number of amides is 1. The molecule has 12 nitrogen and oxygen atoms in total. The largest absolute Gasteiger partial charge is 0.480 e. The number of hydrogen-bond donors (Lipinski definition) is 5. The Labute approximate surface area is 179 Å². The fourth-order valence-corrected chi connectivity index (χ4v) is 3.13. The number of fused-ring (bicyclic) bond motifs is 1. The van der Waals surface area contributed by atoms with E-state index in [4.69, 9.17) is 0 Å². The van der Waals surface area contributed by atoms with Gasteiger partial charge in [-0.25, -0.2) is 4.79 Å². The fraction of sp³-hybridized carbons (Fsp3) is 0.200. The number of nitro benzene ring substituents is 1. The lowest BCUT2D eigenvalue weighted by Gasteiger charge is -2.15. The quantitative estimate of drug-likeness (QED) is 0.175. The molecule has 1 heterocycles. The number of carboxylic acids is 1. The molecule has 1 atom stereocenters. The van der Waals surface area contributed by atoms with Crippen molar-refractivity contribution in [2.24, 2.45) is 0 Å². The van der Waals surface area contributed by atoms with Gasteiger partial charge in [-0.3, -0.25) is 24.5 Å². The lowest BCUT2D eigenvalue weighted by Crippen LogP contribution is -2.45. The van der Waals surface area contributed by atoms with Gasteiger partial charge in [0.25, 0.3) is 5.69 Å². The molecule has 3 aromatic rings. The molecular formula is C20H19N5O7. The number of aromatic amines is 2. The van der Waals surface area contributed by atoms with Crippen molar-refractivity contribution in [1.82, 2.24) is 20.6 Å². The molecule has 1 amide bonds. The second-order valence-electron chi connectivity index (χ2n) is 6.94. The summed E-state index contributed by atoms with van der Waals surface area (Å²) in [5.41, 5.74) is -0.914. The van der Waals surface area contributed by atoms with Gasteiger partial charge in [-0.1, -0.05) is 30.3 Å². The van der Waals surface area contributed by atoms with E-state index in [0.717, 1.165) is 11.6 Å². The van der Waals surface area contributed by atoms with E-state index in [-0.39, 0.29) is 41.8 Å². The number of hydrogen-bond acceptors (Lipinski definition) is 7.